The van der Waals surface area contributed by atoms with E-state index in [2.05, 4.69) is 11.7 Å². The summed E-state index contributed by atoms with van der Waals surface area (Å²) in [6.07, 6.45) is 1.44. The molecule has 0 spiro atoms. The van der Waals surface area contributed by atoms with Crippen LogP contribution in [0.1, 0.15) is 98.8 Å². The van der Waals surface area contributed by atoms with Gasteiger partial charge in [0.1, 0.15) is 5.75 Å². The predicted molar refractivity (Wildman–Crippen MR) is 172 cm³/mol. The van der Waals surface area contributed by atoms with Gasteiger partial charge >= 0.3 is 18.1 Å². The molecule has 0 N–H and O–H groups in total. The van der Waals surface area contributed by atoms with Crippen molar-refractivity contribution < 1.29 is 46.1 Å². The molecule has 0 aliphatic rings. The van der Waals surface area contributed by atoms with Gasteiger partial charge in [0, 0.05) is 13.2 Å². The second-order valence-corrected chi connectivity index (χ2v) is 11.2. The molecule has 3 aromatic carbocycles. The molecule has 3 aromatic rings. The van der Waals surface area contributed by atoms with Gasteiger partial charge in [0.15, 0.2) is 17.7 Å². The molecule has 1 unspecified atom stereocenters. The van der Waals surface area contributed by atoms with Crippen LogP contribution in [0.4, 0.5) is 17.6 Å². The Labute approximate surface area is 274 Å². The van der Waals surface area contributed by atoms with Crippen LogP contribution in [-0.4, -0.2) is 44.0 Å². The first-order chi connectivity index (χ1) is 22.6. The number of benzene rings is 3. The minimum Gasteiger partial charge on any atom is -0.494 e. The van der Waals surface area contributed by atoms with Crippen molar-refractivity contribution in [1.82, 2.24) is 0 Å². The van der Waals surface area contributed by atoms with Gasteiger partial charge in [-0.3, -0.25) is 0 Å². The molecule has 0 aromatic heterocycles. The maximum atomic E-state index is 14.7. The lowest BCUT2D eigenvalue weighted by molar-refractivity contribution is -0.206. The summed E-state index contributed by atoms with van der Waals surface area (Å²) in [5, 5.41) is 0. The number of esters is 2. The van der Waals surface area contributed by atoms with Crippen molar-refractivity contribution in [3.05, 3.63) is 83.7 Å². The molecule has 0 bridgehead atoms. The molecular weight excluding hydrogens is 616 g/mol. The number of alkyl halides is 3. The molecule has 0 radical (unpaired) electrons. The van der Waals surface area contributed by atoms with E-state index in [0.29, 0.717) is 32.3 Å². The molecule has 0 heterocycles. The van der Waals surface area contributed by atoms with Crippen LogP contribution in [0.15, 0.2) is 66.7 Å². The maximum absolute atomic E-state index is 14.7. The van der Waals surface area contributed by atoms with Crippen LogP contribution < -0.4 is 9.47 Å². The van der Waals surface area contributed by atoms with Gasteiger partial charge in [-0.25, -0.2) is 14.0 Å². The maximum Gasteiger partial charge on any atom is 0.425 e. The quantitative estimate of drug-likeness (QED) is 0.0520. The molecule has 0 aliphatic carbocycles. The first-order valence-electron chi connectivity index (χ1n) is 16.3. The number of ether oxygens (including phenoxy) is 4. The fourth-order valence-electron chi connectivity index (χ4n) is 4.83. The van der Waals surface area contributed by atoms with E-state index in [0.717, 1.165) is 41.9 Å². The first kappa shape index (κ1) is 37.5. The predicted octanol–water partition coefficient (Wildman–Crippen LogP) is 10.1. The number of carbonyl (C=O) groups excluding carboxylic acids is 2. The molecule has 0 amide bonds. The third-order valence-electron chi connectivity index (χ3n) is 7.52. The molecule has 0 saturated heterocycles. The minimum absolute atomic E-state index is 0.127. The number of hydrogen-bond donors (Lipinski definition) is 0. The average molecular weight is 661 g/mol. The zero-order valence-electron chi connectivity index (χ0n) is 27.1. The monoisotopic (exact) mass is 660 g/mol. The summed E-state index contributed by atoms with van der Waals surface area (Å²) in [5.74, 6) is -2.97. The van der Waals surface area contributed by atoms with Gasteiger partial charge < -0.3 is 18.9 Å². The van der Waals surface area contributed by atoms with Crippen molar-refractivity contribution in [3.8, 4) is 22.6 Å². The van der Waals surface area contributed by atoms with Crippen LogP contribution >= 0.6 is 0 Å². The second kappa shape index (κ2) is 19.7. The molecule has 256 valence electrons. The lowest BCUT2D eigenvalue weighted by Crippen LogP contribution is -2.34. The molecule has 0 saturated carbocycles. The molecule has 6 nitrogen and oxygen atoms in total. The standard InChI is InChI=1S/C37H44F4O6/c1-3-5-6-7-8-9-11-25-45-31-21-18-28(19-22-31)27-14-16-29(17-15-27)35(42)46-33-23-20-30(26-32(33)38)36(43)47-34(37(39,40)41)13-10-12-24-44-4-2/h14-23,26,34H,3-13,24-25H2,1-2H3. The van der Waals surface area contributed by atoms with Gasteiger partial charge in [0.25, 0.3) is 0 Å². The van der Waals surface area contributed by atoms with Crippen LogP contribution in [0.25, 0.3) is 11.1 Å². The van der Waals surface area contributed by atoms with Crippen LogP contribution in [0.3, 0.4) is 0 Å². The van der Waals surface area contributed by atoms with Crippen LogP contribution in [-0.2, 0) is 9.47 Å². The molecule has 0 fully saturated rings. The molecular formula is C37H44F4O6. The Morgan fingerprint density at radius 1 is 0.702 bits per heavy atom. The average Bonchev–Trinajstić information content (AvgIpc) is 3.06. The van der Waals surface area contributed by atoms with Gasteiger partial charge in [-0.15, -0.1) is 0 Å². The first-order valence-corrected chi connectivity index (χ1v) is 16.3. The molecule has 3 rings (SSSR count). The zero-order valence-corrected chi connectivity index (χ0v) is 27.1. The Hall–Kier alpha value is -3.92. The fourth-order valence-corrected chi connectivity index (χ4v) is 4.83. The summed E-state index contributed by atoms with van der Waals surface area (Å²) in [4.78, 5) is 25.1. The van der Waals surface area contributed by atoms with E-state index in [1.165, 1.54) is 44.2 Å². The lowest BCUT2D eigenvalue weighted by Gasteiger charge is -2.20. The van der Waals surface area contributed by atoms with Crippen molar-refractivity contribution in [2.75, 3.05) is 19.8 Å². The summed E-state index contributed by atoms with van der Waals surface area (Å²) in [7, 11) is 0. The van der Waals surface area contributed by atoms with E-state index in [1.54, 1.807) is 19.1 Å². The third kappa shape index (κ3) is 13.0. The summed E-state index contributed by atoms with van der Waals surface area (Å²) in [5.41, 5.74) is 1.48. The smallest absolute Gasteiger partial charge is 0.425 e. The van der Waals surface area contributed by atoms with Crippen LogP contribution in [0, 0.1) is 5.82 Å². The normalized spacial score (nSPS) is 12.0. The second-order valence-electron chi connectivity index (χ2n) is 11.2. The zero-order chi connectivity index (χ0) is 34.1. The van der Waals surface area contributed by atoms with Crippen LogP contribution in [0.5, 0.6) is 11.5 Å². The Bertz CT molecular complexity index is 1370. The molecule has 10 heteroatoms. The minimum atomic E-state index is -4.78. The Morgan fingerprint density at radius 3 is 1.91 bits per heavy atom. The van der Waals surface area contributed by atoms with E-state index in [-0.39, 0.29) is 12.0 Å². The van der Waals surface area contributed by atoms with Crippen molar-refractivity contribution >= 4 is 11.9 Å². The molecule has 1 atom stereocenters. The van der Waals surface area contributed by atoms with E-state index in [9.17, 15) is 27.2 Å². The SMILES string of the molecule is CCCCCCCCCOc1ccc(-c2ccc(C(=O)Oc3ccc(C(=O)OC(CCCCOCC)C(F)(F)F)cc3F)cc2)cc1. The Balaban J connectivity index is 1.50. The fraction of sp³-hybridized carbons (Fsp3) is 0.459. The number of hydrogen-bond acceptors (Lipinski definition) is 6. The van der Waals surface area contributed by atoms with Gasteiger partial charge in [0.2, 0.25) is 0 Å². The molecule has 0 aliphatic heterocycles. The van der Waals surface area contributed by atoms with Gasteiger partial charge in [-0.1, -0.05) is 69.7 Å². The highest BCUT2D eigenvalue weighted by Crippen LogP contribution is 2.29. The third-order valence-corrected chi connectivity index (χ3v) is 7.52. The van der Waals surface area contributed by atoms with Crippen molar-refractivity contribution in [2.45, 2.75) is 90.3 Å². The van der Waals surface area contributed by atoms with Crippen molar-refractivity contribution in [3.63, 3.8) is 0 Å². The van der Waals surface area contributed by atoms with Crippen molar-refractivity contribution in [2.24, 2.45) is 0 Å². The Morgan fingerprint density at radius 2 is 1.30 bits per heavy atom. The van der Waals surface area contributed by atoms with Crippen molar-refractivity contribution in [1.29, 1.82) is 0 Å². The topological polar surface area (TPSA) is 71.1 Å². The highest BCUT2D eigenvalue weighted by atomic mass is 19.4. The van der Waals surface area contributed by atoms with E-state index in [4.69, 9.17) is 14.2 Å². The van der Waals surface area contributed by atoms with Crippen LogP contribution in [0.2, 0.25) is 0 Å². The molecule has 47 heavy (non-hydrogen) atoms. The van der Waals surface area contributed by atoms with E-state index < -0.39 is 47.8 Å². The summed E-state index contributed by atoms with van der Waals surface area (Å²) in [6.45, 7) is 5.41. The summed E-state index contributed by atoms with van der Waals surface area (Å²) < 4.78 is 75.7. The van der Waals surface area contributed by atoms with Gasteiger partial charge in [-0.05, 0) is 86.2 Å². The van der Waals surface area contributed by atoms with Gasteiger partial charge in [0.05, 0.1) is 17.7 Å². The summed E-state index contributed by atoms with van der Waals surface area (Å²) >= 11 is 0. The number of halogens is 4. The van der Waals surface area contributed by atoms with E-state index >= 15 is 0 Å². The van der Waals surface area contributed by atoms with Gasteiger partial charge in [-0.2, -0.15) is 13.2 Å². The number of unbranched alkanes of at least 4 members (excludes halogenated alkanes) is 7. The summed E-state index contributed by atoms with van der Waals surface area (Å²) in [6, 6.07) is 16.9. The lowest BCUT2D eigenvalue weighted by atomic mass is 10.0. The Kier molecular flexibility index (Phi) is 15.7. The largest absolute Gasteiger partial charge is 0.494 e. The number of carbonyl (C=O) groups is 2. The highest BCUT2D eigenvalue weighted by molar-refractivity contribution is 5.92. The number of rotatable bonds is 20. The highest BCUT2D eigenvalue weighted by Gasteiger charge is 2.42. The van der Waals surface area contributed by atoms with E-state index in [1.807, 2.05) is 24.3 Å².